The Labute approximate surface area is 129 Å². The van der Waals surface area contributed by atoms with Crippen LogP contribution in [0.5, 0.6) is 5.75 Å². The van der Waals surface area contributed by atoms with E-state index in [1.54, 1.807) is 0 Å². The van der Waals surface area contributed by atoms with Crippen molar-refractivity contribution in [3.63, 3.8) is 0 Å². The zero-order valence-electron chi connectivity index (χ0n) is 13.8. The highest BCUT2D eigenvalue weighted by molar-refractivity contribution is 5.27. The van der Waals surface area contributed by atoms with Gasteiger partial charge >= 0.3 is 0 Å². The molecule has 0 unspecified atom stereocenters. The average molecular weight is 290 g/mol. The van der Waals surface area contributed by atoms with Crippen molar-refractivity contribution in [3.05, 3.63) is 29.8 Å². The van der Waals surface area contributed by atoms with Gasteiger partial charge in [-0.2, -0.15) is 0 Å². The maximum atomic E-state index is 5.86. The van der Waals surface area contributed by atoms with E-state index >= 15 is 0 Å². The molecule has 1 fully saturated rings. The predicted molar refractivity (Wildman–Crippen MR) is 88.8 cm³/mol. The van der Waals surface area contributed by atoms with Crippen LogP contribution < -0.4 is 10.1 Å². The van der Waals surface area contributed by atoms with E-state index in [9.17, 15) is 0 Å². The first kappa shape index (κ1) is 16.3. The molecule has 0 amide bonds. The summed E-state index contributed by atoms with van der Waals surface area (Å²) < 4.78 is 5.86. The van der Waals surface area contributed by atoms with Crippen LogP contribution in [-0.4, -0.2) is 37.7 Å². The van der Waals surface area contributed by atoms with Crippen molar-refractivity contribution in [2.45, 2.75) is 40.2 Å². The highest BCUT2D eigenvalue weighted by Crippen LogP contribution is 2.29. The van der Waals surface area contributed by atoms with Crippen molar-refractivity contribution in [2.24, 2.45) is 5.41 Å². The molecule has 0 radical (unpaired) electrons. The van der Waals surface area contributed by atoms with Crippen LogP contribution in [0.3, 0.4) is 0 Å². The summed E-state index contributed by atoms with van der Waals surface area (Å²) in [6.45, 7) is 13.0. The van der Waals surface area contributed by atoms with Crippen molar-refractivity contribution < 1.29 is 4.74 Å². The molecule has 1 aromatic carbocycles. The molecule has 0 atom stereocenters. The van der Waals surface area contributed by atoms with Crippen LogP contribution >= 0.6 is 0 Å². The van der Waals surface area contributed by atoms with E-state index in [0.29, 0.717) is 5.41 Å². The van der Waals surface area contributed by atoms with Crippen LogP contribution in [0.1, 0.15) is 39.2 Å². The van der Waals surface area contributed by atoms with Crippen LogP contribution in [0.15, 0.2) is 24.3 Å². The summed E-state index contributed by atoms with van der Waals surface area (Å²) >= 11 is 0. The van der Waals surface area contributed by atoms with E-state index in [4.69, 9.17) is 4.74 Å². The maximum absolute atomic E-state index is 5.86. The van der Waals surface area contributed by atoms with E-state index in [-0.39, 0.29) is 0 Å². The Morgan fingerprint density at radius 3 is 2.43 bits per heavy atom. The lowest BCUT2D eigenvalue weighted by atomic mass is 9.83. The summed E-state index contributed by atoms with van der Waals surface area (Å²) in [5, 5.41) is 3.33. The van der Waals surface area contributed by atoms with Gasteiger partial charge in [-0.25, -0.2) is 0 Å². The van der Waals surface area contributed by atoms with Gasteiger partial charge in [0.1, 0.15) is 12.4 Å². The first-order valence-electron chi connectivity index (χ1n) is 8.24. The molecule has 0 saturated carbocycles. The monoisotopic (exact) mass is 290 g/mol. The number of likely N-dealkylation sites (tertiary alicyclic amines) is 1. The van der Waals surface area contributed by atoms with Crippen molar-refractivity contribution in [1.29, 1.82) is 0 Å². The molecule has 2 rings (SSSR count). The van der Waals surface area contributed by atoms with Crippen LogP contribution in [0, 0.1) is 5.41 Å². The summed E-state index contributed by atoms with van der Waals surface area (Å²) in [6, 6.07) is 8.43. The molecule has 0 bridgehead atoms. The second kappa shape index (κ2) is 7.81. The summed E-state index contributed by atoms with van der Waals surface area (Å²) in [5.74, 6) is 0.979. The SMILES string of the molecule is CCNCc1ccc(OCCN2CCC(C)(C)CC2)cc1. The number of benzene rings is 1. The molecule has 1 aliphatic heterocycles. The molecule has 1 saturated heterocycles. The van der Waals surface area contributed by atoms with Gasteiger partial charge in [0.15, 0.2) is 0 Å². The lowest BCUT2D eigenvalue weighted by Gasteiger charge is -2.36. The highest BCUT2D eigenvalue weighted by atomic mass is 16.5. The van der Waals surface area contributed by atoms with E-state index in [1.165, 1.54) is 31.5 Å². The molecular weight excluding hydrogens is 260 g/mol. The van der Waals surface area contributed by atoms with E-state index < -0.39 is 0 Å². The Kier molecular flexibility index (Phi) is 6.07. The number of nitrogens with one attached hydrogen (secondary N) is 1. The van der Waals surface area contributed by atoms with Gasteiger partial charge in [-0.15, -0.1) is 0 Å². The van der Waals surface area contributed by atoms with Gasteiger partial charge < -0.3 is 10.1 Å². The molecule has 1 heterocycles. The van der Waals surface area contributed by atoms with E-state index in [2.05, 4.69) is 55.3 Å². The van der Waals surface area contributed by atoms with Gasteiger partial charge in [0, 0.05) is 13.1 Å². The Balaban J connectivity index is 1.67. The fourth-order valence-electron chi connectivity index (χ4n) is 2.65. The lowest BCUT2D eigenvalue weighted by Crippen LogP contribution is -2.39. The average Bonchev–Trinajstić information content (AvgIpc) is 2.48. The Morgan fingerprint density at radius 2 is 1.81 bits per heavy atom. The second-order valence-corrected chi connectivity index (χ2v) is 6.78. The molecular formula is C18H30N2O. The Morgan fingerprint density at radius 1 is 1.14 bits per heavy atom. The lowest BCUT2D eigenvalue weighted by molar-refractivity contribution is 0.116. The van der Waals surface area contributed by atoms with Crippen molar-refractivity contribution in [3.8, 4) is 5.75 Å². The fourth-order valence-corrected chi connectivity index (χ4v) is 2.65. The van der Waals surface area contributed by atoms with Gasteiger partial charge in [-0.3, -0.25) is 4.90 Å². The standard InChI is InChI=1S/C18H30N2O/c1-4-19-15-16-5-7-17(8-6-16)21-14-13-20-11-9-18(2,3)10-12-20/h5-8,19H,4,9-15H2,1-3H3. The Hall–Kier alpha value is -1.06. The molecule has 1 aromatic rings. The maximum Gasteiger partial charge on any atom is 0.119 e. The van der Waals surface area contributed by atoms with Gasteiger partial charge in [0.25, 0.3) is 0 Å². The predicted octanol–water partition coefficient (Wildman–Crippen LogP) is 3.30. The van der Waals surface area contributed by atoms with Gasteiger partial charge in [-0.05, 0) is 55.6 Å². The summed E-state index contributed by atoms with van der Waals surface area (Å²) in [4.78, 5) is 2.52. The molecule has 3 nitrogen and oxygen atoms in total. The third-order valence-electron chi connectivity index (χ3n) is 4.39. The van der Waals surface area contributed by atoms with Crippen LogP contribution in [-0.2, 0) is 6.54 Å². The number of hydrogen-bond donors (Lipinski definition) is 1. The summed E-state index contributed by atoms with van der Waals surface area (Å²) in [6.07, 6.45) is 2.60. The van der Waals surface area contributed by atoms with E-state index in [1.807, 2.05) is 0 Å². The van der Waals surface area contributed by atoms with Crippen molar-refractivity contribution in [1.82, 2.24) is 10.2 Å². The zero-order valence-corrected chi connectivity index (χ0v) is 13.8. The van der Waals surface area contributed by atoms with E-state index in [0.717, 1.165) is 32.0 Å². The quantitative estimate of drug-likeness (QED) is 0.834. The highest BCUT2D eigenvalue weighted by Gasteiger charge is 2.24. The van der Waals surface area contributed by atoms with Gasteiger partial charge in [0.05, 0.1) is 0 Å². The number of hydrogen-bond acceptors (Lipinski definition) is 3. The first-order valence-corrected chi connectivity index (χ1v) is 8.24. The van der Waals surface area contributed by atoms with Crippen LogP contribution in [0.2, 0.25) is 0 Å². The summed E-state index contributed by atoms with van der Waals surface area (Å²) in [7, 11) is 0. The van der Waals surface area contributed by atoms with Crippen molar-refractivity contribution in [2.75, 3.05) is 32.8 Å². The minimum Gasteiger partial charge on any atom is -0.492 e. The molecule has 1 N–H and O–H groups in total. The number of ether oxygens (including phenoxy) is 1. The smallest absolute Gasteiger partial charge is 0.119 e. The minimum atomic E-state index is 0.527. The molecule has 21 heavy (non-hydrogen) atoms. The number of nitrogens with zero attached hydrogens (tertiary/aromatic N) is 1. The zero-order chi connectivity index (χ0) is 15.1. The van der Waals surface area contributed by atoms with Crippen LogP contribution in [0.25, 0.3) is 0 Å². The first-order chi connectivity index (χ1) is 10.1. The Bertz CT molecular complexity index is 404. The molecule has 0 aromatic heterocycles. The van der Waals surface area contributed by atoms with Gasteiger partial charge in [-0.1, -0.05) is 32.9 Å². The second-order valence-electron chi connectivity index (χ2n) is 6.78. The number of rotatable bonds is 7. The third kappa shape index (κ3) is 5.68. The van der Waals surface area contributed by atoms with Gasteiger partial charge in [0.2, 0.25) is 0 Å². The van der Waals surface area contributed by atoms with Crippen LogP contribution in [0.4, 0.5) is 0 Å². The fraction of sp³-hybridized carbons (Fsp3) is 0.667. The molecule has 118 valence electrons. The normalized spacial score (nSPS) is 18.6. The molecule has 3 heteroatoms. The summed E-state index contributed by atoms with van der Waals surface area (Å²) in [5.41, 5.74) is 1.84. The molecule has 0 aliphatic carbocycles. The van der Waals surface area contributed by atoms with Crippen molar-refractivity contribution >= 4 is 0 Å². The topological polar surface area (TPSA) is 24.5 Å². The third-order valence-corrected chi connectivity index (χ3v) is 4.39. The molecule has 1 aliphatic rings. The minimum absolute atomic E-state index is 0.527. The largest absolute Gasteiger partial charge is 0.492 e. The number of piperidine rings is 1. The molecule has 0 spiro atoms.